The van der Waals surface area contributed by atoms with Crippen LogP contribution in [0.1, 0.15) is 186 Å². The Morgan fingerprint density at radius 3 is 1.16 bits per heavy atom. The van der Waals surface area contributed by atoms with Crippen LogP contribution in [-0.2, 0) is 86.2 Å². The number of esters is 1. The molecule has 22 heteroatoms. The third kappa shape index (κ3) is 28.0. The second-order valence-corrected chi connectivity index (χ2v) is 18.6. The van der Waals surface area contributed by atoms with Gasteiger partial charge in [0.05, 0.1) is 39.6 Å². The number of carbonyl (C=O) groups excluding carboxylic acids is 12. The first kappa shape index (κ1) is 61.8. The number of ketones is 3. The Morgan fingerprint density at radius 2 is 0.753 bits per heavy atom. The minimum Gasteiger partial charge on any atom is -0.446 e. The molecule has 1 atom stereocenters. The molecule has 2 N–H and O–H groups in total. The maximum atomic E-state index is 12.5. The fourth-order valence-corrected chi connectivity index (χ4v) is 7.94. The van der Waals surface area contributed by atoms with Crippen molar-refractivity contribution in [3.8, 4) is 0 Å². The van der Waals surface area contributed by atoms with Crippen molar-refractivity contribution in [2.75, 3.05) is 52.7 Å². The number of unbranched alkanes of at least 4 members (excludes halogenated alkanes) is 13. The van der Waals surface area contributed by atoms with Crippen LogP contribution in [0.25, 0.3) is 0 Å². The zero-order chi connectivity index (χ0) is 53.1. The van der Waals surface area contributed by atoms with Gasteiger partial charge in [0.25, 0.3) is 23.6 Å². The molecule has 22 nitrogen and oxygen atoms in total. The maximum absolute atomic E-state index is 12.5. The van der Waals surface area contributed by atoms with Gasteiger partial charge in [-0.25, -0.2) is 9.59 Å². The summed E-state index contributed by atoms with van der Waals surface area (Å²) in [6.45, 7) is 2.24. The number of imide groups is 2. The summed E-state index contributed by atoms with van der Waals surface area (Å²) in [5.41, 5.74) is 0. The molecule has 3 rings (SSSR count). The van der Waals surface area contributed by atoms with Gasteiger partial charge in [-0.3, -0.25) is 47.9 Å². The van der Waals surface area contributed by atoms with Gasteiger partial charge in [-0.2, -0.15) is 0 Å². The van der Waals surface area contributed by atoms with Crippen LogP contribution in [0, 0.1) is 5.92 Å². The van der Waals surface area contributed by atoms with Crippen LogP contribution < -0.4 is 10.6 Å². The molecule has 2 saturated heterocycles. The Bertz CT molecular complexity index is 1590. The quantitative estimate of drug-likeness (QED) is 0.0368. The predicted molar refractivity (Wildman–Crippen MR) is 257 cm³/mol. The van der Waals surface area contributed by atoms with Gasteiger partial charge in [-0.05, 0) is 38.5 Å². The van der Waals surface area contributed by atoms with Gasteiger partial charge < -0.3 is 39.3 Å². The van der Waals surface area contributed by atoms with Gasteiger partial charge in [-0.15, -0.1) is 10.1 Å². The molecule has 2 aliphatic heterocycles. The highest BCUT2D eigenvalue weighted by Gasteiger charge is 2.36. The first-order chi connectivity index (χ1) is 35.2. The lowest BCUT2D eigenvalue weighted by molar-refractivity contribution is -0.197. The molecule has 3 fully saturated rings. The number of ether oxygens (including phenoxy) is 4. The maximum Gasteiger partial charge on any atom is 0.333 e. The average Bonchev–Trinajstić information content (AvgIpc) is 3.98. The zero-order valence-electron chi connectivity index (χ0n) is 42.6. The van der Waals surface area contributed by atoms with E-state index in [0.29, 0.717) is 48.9 Å². The molecule has 410 valence electrons. The van der Waals surface area contributed by atoms with Gasteiger partial charge in [0.1, 0.15) is 5.78 Å². The van der Waals surface area contributed by atoms with Crippen LogP contribution in [0.15, 0.2) is 0 Å². The second-order valence-electron chi connectivity index (χ2n) is 18.6. The number of nitrogens with zero attached hydrogens (tertiary/aromatic N) is 2. The molecule has 0 spiro atoms. The number of hydrogen-bond acceptors (Lipinski definition) is 18. The highest BCUT2D eigenvalue weighted by Crippen LogP contribution is 2.18. The van der Waals surface area contributed by atoms with Gasteiger partial charge in [0.2, 0.25) is 17.9 Å². The second kappa shape index (κ2) is 37.3. The molecule has 73 heavy (non-hydrogen) atoms. The first-order valence-corrected chi connectivity index (χ1v) is 26.4. The summed E-state index contributed by atoms with van der Waals surface area (Å²) in [4.78, 5) is 153. The number of carbonyl (C=O) groups is 12. The Labute approximate surface area is 427 Å². The van der Waals surface area contributed by atoms with Gasteiger partial charge >= 0.3 is 17.9 Å². The number of hydroxylamine groups is 4. The van der Waals surface area contributed by atoms with Crippen LogP contribution in [0.2, 0.25) is 0 Å². The van der Waals surface area contributed by atoms with Crippen LogP contribution in [0.4, 0.5) is 0 Å². The van der Waals surface area contributed by atoms with E-state index in [1.165, 1.54) is 0 Å². The van der Waals surface area contributed by atoms with Crippen LogP contribution in [0.5, 0.6) is 0 Å². The highest BCUT2D eigenvalue weighted by molar-refractivity contribution is 6.12. The highest BCUT2D eigenvalue weighted by atomic mass is 16.7. The molecule has 0 aromatic carbocycles. The van der Waals surface area contributed by atoms with E-state index in [1.807, 2.05) is 0 Å². The SMILES string of the molecule is O=C(CCCCCCCCC(=O)ON1C(=O)CCC1=O)CCOCC(COCCC(=O)NCCCCCCCC(=O)OC1C(=O)CCC1=O)COCCC(=O)NCCCCCCCC(=O)ON1C(=O)CCC1=O. The average molecular weight is 1040 g/mol. The third-order valence-corrected chi connectivity index (χ3v) is 12.2. The number of amides is 6. The van der Waals surface area contributed by atoms with Crippen molar-refractivity contribution in [2.45, 2.75) is 192 Å². The van der Waals surface area contributed by atoms with E-state index < -0.39 is 47.6 Å². The predicted octanol–water partition coefficient (Wildman–Crippen LogP) is 4.48. The molecule has 1 aliphatic carbocycles. The molecule has 2 heterocycles. The summed E-state index contributed by atoms with van der Waals surface area (Å²) in [5, 5.41) is 6.86. The minimum absolute atomic E-state index is 0.0483. The van der Waals surface area contributed by atoms with Crippen LogP contribution in [-0.4, -0.2) is 140 Å². The molecule has 0 bridgehead atoms. The van der Waals surface area contributed by atoms with E-state index in [9.17, 15) is 57.5 Å². The summed E-state index contributed by atoms with van der Waals surface area (Å²) in [6.07, 6.45) is 12.8. The lowest BCUT2D eigenvalue weighted by atomic mass is 10.1. The van der Waals surface area contributed by atoms with E-state index in [0.717, 1.165) is 83.5 Å². The Hall–Kier alpha value is -5.48. The molecular weight excluding hydrogens is 957 g/mol. The van der Waals surface area contributed by atoms with E-state index in [1.54, 1.807) is 0 Å². The van der Waals surface area contributed by atoms with Crippen molar-refractivity contribution < 1.29 is 86.2 Å². The summed E-state index contributed by atoms with van der Waals surface area (Å²) in [7, 11) is 0. The Kier molecular flexibility index (Phi) is 31.6. The number of rotatable bonds is 43. The molecule has 1 unspecified atom stereocenters. The molecule has 0 aromatic heterocycles. The Morgan fingerprint density at radius 1 is 0.411 bits per heavy atom. The molecule has 1 saturated carbocycles. The number of hydrogen-bond donors (Lipinski definition) is 2. The third-order valence-electron chi connectivity index (χ3n) is 12.2. The summed E-state index contributed by atoms with van der Waals surface area (Å²) in [6, 6.07) is 0. The van der Waals surface area contributed by atoms with E-state index in [4.69, 9.17) is 28.6 Å². The fraction of sp³-hybridized carbons (Fsp3) is 0.765. The van der Waals surface area contributed by atoms with E-state index in [2.05, 4.69) is 10.6 Å². The van der Waals surface area contributed by atoms with E-state index >= 15 is 0 Å². The van der Waals surface area contributed by atoms with Crippen molar-refractivity contribution >= 4 is 70.7 Å². The summed E-state index contributed by atoms with van der Waals surface area (Å²) in [5.74, 6) is -4.92. The van der Waals surface area contributed by atoms with E-state index in [-0.39, 0.29) is 152 Å². The van der Waals surface area contributed by atoms with Gasteiger partial charge in [-0.1, -0.05) is 64.2 Å². The van der Waals surface area contributed by atoms with Crippen molar-refractivity contribution in [1.82, 2.24) is 20.8 Å². The normalized spacial score (nSPS) is 15.3. The van der Waals surface area contributed by atoms with Gasteiger partial charge in [0.15, 0.2) is 11.6 Å². The topological polar surface area (TPSA) is 291 Å². The Balaban J connectivity index is 1.23. The van der Waals surface area contributed by atoms with Gasteiger partial charge in [0, 0.05) is 102 Å². The van der Waals surface area contributed by atoms with Crippen molar-refractivity contribution in [2.24, 2.45) is 5.92 Å². The molecule has 0 radical (unpaired) electrons. The molecule has 3 aliphatic rings. The molecule has 6 amide bonds. The fourth-order valence-electron chi connectivity index (χ4n) is 7.94. The molecular formula is C51H78N4O18. The lowest BCUT2D eigenvalue weighted by Gasteiger charge is -2.18. The monoisotopic (exact) mass is 1030 g/mol. The standard InChI is InChI=1S/C51H78N4O18/c56-39(17-11-5-1-2-6-13-19-49(66)72-54-44(61)23-24-45(54)62)27-32-68-35-38(36-69-33-28-42(59)52-30-15-9-3-7-12-18-48(65)71-51-40(57)21-22-41(51)58)37-70-34-29-43(60)53-31-16-10-4-8-14-20-50(67)73-55-46(63)25-26-47(55)64/h38,51H,1-37H2,(H,52,59)(H,53,60). The van der Waals surface area contributed by atoms with Crippen molar-refractivity contribution in [1.29, 1.82) is 0 Å². The molecule has 0 aromatic rings. The first-order valence-electron chi connectivity index (χ1n) is 26.4. The van der Waals surface area contributed by atoms with Crippen molar-refractivity contribution in [3.63, 3.8) is 0 Å². The number of Topliss-reactive ketones (excluding diaryl/α,β-unsaturated/α-hetero) is 3. The smallest absolute Gasteiger partial charge is 0.333 e. The lowest BCUT2D eigenvalue weighted by Crippen LogP contribution is -2.31. The largest absolute Gasteiger partial charge is 0.446 e. The summed E-state index contributed by atoms with van der Waals surface area (Å²) < 4.78 is 22.5. The van der Waals surface area contributed by atoms with Crippen LogP contribution in [0.3, 0.4) is 0 Å². The number of nitrogens with one attached hydrogen (secondary N) is 2. The zero-order valence-corrected chi connectivity index (χ0v) is 42.6. The van der Waals surface area contributed by atoms with Crippen LogP contribution >= 0.6 is 0 Å². The minimum atomic E-state index is -1.23. The van der Waals surface area contributed by atoms with Crippen molar-refractivity contribution in [3.05, 3.63) is 0 Å². The summed E-state index contributed by atoms with van der Waals surface area (Å²) >= 11 is 0.